The van der Waals surface area contributed by atoms with Crippen molar-refractivity contribution in [1.29, 1.82) is 0 Å². The van der Waals surface area contributed by atoms with Crippen LogP contribution in [0.15, 0.2) is 53.5 Å². The number of H-pyrrole nitrogens is 1. The average Bonchev–Trinajstić information content (AvgIpc) is 3.72. The topological polar surface area (TPSA) is 81.3 Å². The number of hydrogen-bond acceptors (Lipinski definition) is 7. The van der Waals surface area contributed by atoms with E-state index >= 15 is 4.39 Å². The van der Waals surface area contributed by atoms with E-state index in [1.807, 2.05) is 31.2 Å². The Hall–Kier alpha value is -3.82. The predicted octanol–water partition coefficient (Wildman–Crippen LogP) is 6.23. The third kappa shape index (κ3) is 4.94. The molecule has 9 heteroatoms. The number of aromatic nitrogens is 2. The number of halogens is 1. The van der Waals surface area contributed by atoms with E-state index in [0.29, 0.717) is 34.2 Å². The molecule has 2 atom stereocenters. The molecule has 4 aromatic rings. The molecule has 0 spiro atoms. The van der Waals surface area contributed by atoms with Gasteiger partial charge < -0.3 is 20.1 Å². The number of piperazine rings is 1. The normalized spacial score (nSPS) is 19.7. The SMILES string of the molecule is Cc1c(-c2c[nH]c(=O)c(Nc3ccc(N4CCN(C)CC4)cc3)n2)ccc(F)c1CC(=O)c1cc2c(s1)C1CCC2C1. The Bertz CT molecular complexity index is 1690. The fraction of sp³-hybridized carbons (Fsp3) is 0.364. The molecule has 7 nitrogen and oxygen atoms in total. The molecule has 3 heterocycles. The number of nitrogens with zero attached hydrogens (tertiary/aromatic N) is 3. The summed E-state index contributed by atoms with van der Waals surface area (Å²) in [6.45, 7) is 5.83. The number of thiophene rings is 1. The number of carbonyl (C=O) groups excluding carboxylic acids is 1. The van der Waals surface area contributed by atoms with E-state index in [2.05, 4.69) is 38.2 Å². The largest absolute Gasteiger partial charge is 0.369 e. The zero-order valence-electron chi connectivity index (χ0n) is 23.9. The van der Waals surface area contributed by atoms with Crippen LogP contribution < -0.4 is 15.8 Å². The predicted molar refractivity (Wildman–Crippen MR) is 166 cm³/mol. The van der Waals surface area contributed by atoms with Gasteiger partial charge in [-0.25, -0.2) is 9.37 Å². The number of anilines is 3. The lowest BCUT2D eigenvalue weighted by atomic mass is 9.95. The molecule has 2 aromatic heterocycles. The molecule has 1 saturated heterocycles. The van der Waals surface area contributed by atoms with Crippen LogP contribution in [0.3, 0.4) is 0 Å². The molecular formula is C33H34FN5O2S. The maximum Gasteiger partial charge on any atom is 0.291 e. The molecule has 3 aliphatic rings. The van der Waals surface area contributed by atoms with Crippen LogP contribution >= 0.6 is 11.3 Å². The molecule has 42 heavy (non-hydrogen) atoms. The molecule has 1 saturated carbocycles. The number of rotatable bonds is 7. The minimum atomic E-state index is -0.406. The van der Waals surface area contributed by atoms with Gasteiger partial charge in [-0.2, -0.15) is 0 Å². The maximum absolute atomic E-state index is 15.1. The van der Waals surface area contributed by atoms with Crippen molar-refractivity contribution in [2.75, 3.05) is 43.4 Å². The Morgan fingerprint density at radius 1 is 1.10 bits per heavy atom. The number of aromatic amines is 1. The summed E-state index contributed by atoms with van der Waals surface area (Å²) in [6.07, 6.45) is 5.18. The standard InChI is InChI=1S/C33H34FN5O2S/c1-19-24(9-10-27(34)25(19)16-29(40)30-17-26-20-3-4-21(15-20)31(26)42-30)28-18-35-33(41)32(37-28)36-22-5-7-23(8-6-22)39-13-11-38(2)12-14-39/h5-10,17-18,20-21H,3-4,11-16H2,1-2H3,(H,35,41)(H,36,37). The van der Waals surface area contributed by atoms with Crippen molar-refractivity contribution in [3.05, 3.63) is 91.3 Å². The Morgan fingerprint density at radius 2 is 1.86 bits per heavy atom. The highest BCUT2D eigenvalue weighted by atomic mass is 32.1. The molecule has 2 fully saturated rings. The fourth-order valence-corrected chi connectivity index (χ4v) is 8.08. The second kappa shape index (κ2) is 10.8. The highest BCUT2D eigenvalue weighted by Gasteiger charge is 2.39. The van der Waals surface area contributed by atoms with Crippen molar-refractivity contribution < 1.29 is 9.18 Å². The van der Waals surface area contributed by atoms with Crippen molar-refractivity contribution in [3.8, 4) is 11.3 Å². The lowest BCUT2D eigenvalue weighted by Gasteiger charge is -2.34. The van der Waals surface area contributed by atoms with E-state index in [1.165, 1.54) is 42.0 Å². The zero-order valence-corrected chi connectivity index (χ0v) is 24.7. The molecule has 216 valence electrons. The van der Waals surface area contributed by atoms with Gasteiger partial charge in [0.1, 0.15) is 5.82 Å². The van der Waals surface area contributed by atoms with E-state index < -0.39 is 5.82 Å². The van der Waals surface area contributed by atoms with Gasteiger partial charge in [0.25, 0.3) is 5.56 Å². The molecule has 2 unspecified atom stereocenters. The fourth-order valence-electron chi connectivity index (χ4n) is 6.75. The summed E-state index contributed by atoms with van der Waals surface area (Å²) < 4.78 is 15.1. The third-order valence-corrected chi connectivity index (χ3v) is 10.6. The van der Waals surface area contributed by atoms with Crippen LogP contribution in [0.1, 0.15) is 62.3 Å². The van der Waals surface area contributed by atoms with Gasteiger partial charge in [0.15, 0.2) is 11.6 Å². The molecule has 1 aliphatic heterocycles. The number of nitrogens with one attached hydrogen (secondary N) is 2. The van der Waals surface area contributed by atoms with Gasteiger partial charge in [0.2, 0.25) is 0 Å². The summed E-state index contributed by atoms with van der Waals surface area (Å²) in [5.74, 6) is 0.890. The highest BCUT2D eigenvalue weighted by molar-refractivity contribution is 7.14. The van der Waals surface area contributed by atoms with Crippen molar-refractivity contribution in [2.24, 2.45) is 0 Å². The van der Waals surface area contributed by atoms with Crippen LogP contribution in [0.4, 0.5) is 21.6 Å². The summed E-state index contributed by atoms with van der Waals surface area (Å²) in [4.78, 5) is 40.1. The Labute approximate surface area is 248 Å². The van der Waals surface area contributed by atoms with E-state index in [-0.39, 0.29) is 23.6 Å². The number of likely N-dealkylation sites (N-methyl/N-ethyl adjacent to an activating group) is 1. The first-order valence-electron chi connectivity index (χ1n) is 14.7. The minimum Gasteiger partial charge on any atom is -0.369 e. The summed E-state index contributed by atoms with van der Waals surface area (Å²) in [5.41, 5.74) is 5.09. The molecular weight excluding hydrogens is 549 g/mol. The van der Waals surface area contributed by atoms with Gasteiger partial charge in [0.05, 0.1) is 10.6 Å². The Kier molecular flexibility index (Phi) is 6.94. The Morgan fingerprint density at radius 3 is 2.62 bits per heavy atom. The minimum absolute atomic E-state index is 0.00561. The number of Topliss-reactive ketones (excluding diaryl/α,β-unsaturated/α-hetero) is 1. The number of benzene rings is 2. The lowest BCUT2D eigenvalue weighted by Crippen LogP contribution is -2.44. The van der Waals surface area contributed by atoms with Crippen molar-refractivity contribution in [3.63, 3.8) is 0 Å². The lowest BCUT2D eigenvalue weighted by molar-refractivity contribution is 0.0995. The van der Waals surface area contributed by atoms with Crippen LogP contribution in [-0.2, 0) is 6.42 Å². The van der Waals surface area contributed by atoms with E-state index in [4.69, 9.17) is 0 Å². The second-order valence-electron chi connectivity index (χ2n) is 11.9. The second-order valence-corrected chi connectivity index (χ2v) is 12.9. The van der Waals surface area contributed by atoms with E-state index in [9.17, 15) is 9.59 Å². The molecule has 2 N–H and O–H groups in total. The first kappa shape index (κ1) is 27.0. The smallest absolute Gasteiger partial charge is 0.291 e. The van der Waals surface area contributed by atoms with Crippen LogP contribution in [0.25, 0.3) is 11.3 Å². The zero-order chi connectivity index (χ0) is 29.0. The van der Waals surface area contributed by atoms with E-state index in [1.54, 1.807) is 17.4 Å². The molecule has 7 rings (SSSR count). The van der Waals surface area contributed by atoms with Gasteiger partial charge in [-0.3, -0.25) is 9.59 Å². The van der Waals surface area contributed by atoms with Gasteiger partial charge in [-0.05, 0) is 104 Å². The van der Waals surface area contributed by atoms with Crippen molar-refractivity contribution in [1.82, 2.24) is 14.9 Å². The van der Waals surface area contributed by atoms with Crippen molar-refractivity contribution >= 4 is 34.3 Å². The summed E-state index contributed by atoms with van der Waals surface area (Å²) in [7, 11) is 2.13. The van der Waals surface area contributed by atoms with Crippen LogP contribution in [0.2, 0.25) is 0 Å². The average molecular weight is 584 g/mol. The summed E-state index contributed by atoms with van der Waals surface area (Å²) in [6, 6.07) is 13.1. The first-order valence-corrected chi connectivity index (χ1v) is 15.5. The molecule has 2 aromatic carbocycles. The van der Waals surface area contributed by atoms with E-state index in [0.717, 1.165) is 42.4 Å². The number of hydrogen-bond donors (Lipinski definition) is 2. The first-order chi connectivity index (χ1) is 20.3. The summed E-state index contributed by atoms with van der Waals surface area (Å²) in [5, 5.41) is 3.14. The quantitative estimate of drug-likeness (QED) is 0.251. The molecule has 2 aliphatic carbocycles. The Balaban J connectivity index is 1.11. The van der Waals surface area contributed by atoms with Gasteiger partial charge in [-0.1, -0.05) is 0 Å². The summed E-state index contributed by atoms with van der Waals surface area (Å²) >= 11 is 1.60. The van der Waals surface area contributed by atoms with Gasteiger partial charge in [-0.15, -0.1) is 11.3 Å². The molecule has 2 bridgehead atoms. The highest BCUT2D eigenvalue weighted by Crippen LogP contribution is 2.56. The van der Waals surface area contributed by atoms with Crippen LogP contribution in [-0.4, -0.2) is 53.9 Å². The number of ketones is 1. The molecule has 0 radical (unpaired) electrons. The number of fused-ring (bicyclic) bond motifs is 5. The van der Waals surface area contributed by atoms with Gasteiger partial charge >= 0.3 is 0 Å². The van der Waals surface area contributed by atoms with Crippen LogP contribution in [0, 0.1) is 12.7 Å². The third-order valence-electron chi connectivity index (χ3n) is 9.25. The maximum atomic E-state index is 15.1. The van der Waals surface area contributed by atoms with Crippen LogP contribution in [0.5, 0.6) is 0 Å². The van der Waals surface area contributed by atoms with Crippen molar-refractivity contribution in [2.45, 2.75) is 44.4 Å². The molecule has 0 amide bonds. The monoisotopic (exact) mass is 583 g/mol. The number of carbonyl (C=O) groups is 1. The van der Waals surface area contributed by atoms with Gasteiger partial charge in [0, 0.05) is 60.6 Å².